The number of nitrogens with zero attached hydrogens (tertiary/aromatic N) is 2. The molecule has 0 aliphatic carbocycles. The number of aromatic nitrogens is 1. The molecule has 1 saturated heterocycles. The summed E-state index contributed by atoms with van der Waals surface area (Å²) in [6.07, 6.45) is 0.150. The number of carbonyl (C=O) groups excluding carboxylic acids is 1. The zero-order valence-corrected chi connectivity index (χ0v) is 9.83. The zero-order valence-electron chi connectivity index (χ0n) is 9.83. The van der Waals surface area contributed by atoms with E-state index in [9.17, 15) is 19.7 Å². The van der Waals surface area contributed by atoms with Gasteiger partial charge in [0.1, 0.15) is 5.54 Å². The summed E-state index contributed by atoms with van der Waals surface area (Å²) in [5.41, 5.74) is 4.24. The van der Waals surface area contributed by atoms with E-state index >= 15 is 0 Å². The summed E-state index contributed by atoms with van der Waals surface area (Å²) in [5.74, 6) is -1.96. The van der Waals surface area contributed by atoms with Crippen molar-refractivity contribution in [3.8, 4) is 0 Å². The van der Waals surface area contributed by atoms with Crippen LogP contribution < -0.4 is 5.73 Å². The van der Waals surface area contributed by atoms with Crippen LogP contribution in [-0.4, -0.2) is 50.4 Å². The van der Waals surface area contributed by atoms with Gasteiger partial charge in [0.15, 0.2) is 5.69 Å². The number of nitrogens with one attached hydrogen (secondary N) is 1. The topological polar surface area (TPSA) is 143 Å². The molecule has 0 bridgehead atoms. The average molecular weight is 268 g/mol. The second kappa shape index (κ2) is 4.35. The Balaban J connectivity index is 2.13. The highest BCUT2D eigenvalue weighted by atomic mass is 16.6. The number of hydrogen-bond donors (Lipinski definition) is 3. The predicted molar refractivity (Wildman–Crippen MR) is 62.5 cm³/mol. The summed E-state index contributed by atoms with van der Waals surface area (Å²) in [6.45, 7) is 0.0857. The molecule has 0 spiro atoms. The van der Waals surface area contributed by atoms with E-state index in [1.165, 1.54) is 17.0 Å². The third-order valence-corrected chi connectivity index (χ3v) is 3.11. The Bertz CT molecular complexity index is 554. The minimum absolute atomic E-state index is 0.0429. The largest absolute Gasteiger partial charge is 0.480 e. The summed E-state index contributed by atoms with van der Waals surface area (Å²) in [6, 6.07) is 2.47. The van der Waals surface area contributed by atoms with Gasteiger partial charge in [-0.05, 0) is 17.4 Å². The maximum Gasteiger partial charge on any atom is 0.325 e. The van der Waals surface area contributed by atoms with Crippen LogP contribution in [0.15, 0.2) is 12.1 Å². The standard InChI is InChI=1S/C10H12N4O5/c11-10(9(16)17)3-4-13(5-10)8(15)6-1-2-7(12-6)14(18)19/h1-2,12H,3-5,11H2,(H,16,17). The van der Waals surface area contributed by atoms with Gasteiger partial charge in [-0.15, -0.1) is 0 Å². The first-order valence-electron chi connectivity index (χ1n) is 5.48. The molecule has 1 aliphatic rings. The fourth-order valence-electron chi connectivity index (χ4n) is 1.97. The Labute approximate surface area is 107 Å². The number of carboxylic acid groups (broad SMARTS) is 1. The molecule has 2 heterocycles. The van der Waals surface area contributed by atoms with Crippen LogP contribution in [0.2, 0.25) is 0 Å². The summed E-state index contributed by atoms with van der Waals surface area (Å²) < 4.78 is 0. The highest BCUT2D eigenvalue weighted by Gasteiger charge is 2.43. The molecule has 1 atom stereocenters. The molecule has 2 rings (SSSR count). The van der Waals surface area contributed by atoms with Crippen LogP contribution in [0, 0.1) is 10.1 Å². The lowest BCUT2D eigenvalue weighted by Gasteiger charge is -2.19. The zero-order chi connectivity index (χ0) is 14.2. The first-order valence-corrected chi connectivity index (χ1v) is 5.48. The molecule has 4 N–H and O–H groups in total. The van der Waals surface area contributed by atoms with E-state index in [0.717, 1.165) is 0 Å². The van der Waals surface area contributed by atoms with Crippen molar-refractivity contribution in [2.45, 2.75) is 12.0 Å². The van der Waals surface area contributed by atoms with Gasteiger partial charge in [0.05, 0.1) is 0 Å². The van der Waals surface area contributed by atoms with Crippen molar-refractivity contribution in [3.05, 3.63) is 27.9 Å². The number of hydrogen-bond acceptors (Lipinski definition) is 5. The number of likely N-dealkylation sites (tertiary alicyclic amines) is 1. The number of H-pyrrole nitrogens is 1. The monoisotopic (exact) mass is 268 g/mol. The van der Waals surface area contributed by atoms with Gasteiger partial charge in [-0.2, -0.15) is 0 Å². The van der Waals surface area contributed by atoms with Gasteiger partial charge in [0.25, 0.3) is 5.91 Å². The van der Waals surface area contributed by atoms with Gasteiger partial charge in [0.2, 0.25) is 0 Å². The van der Waals surface area contributed by atoms with Crippen molar-refractivity contribution in [2.75, 3.05) is 13.1 Å². The molecule has 0 saturated carbocycles. The second-order valence-corrected chi connectivity index (χ2v) is 4.45. The van der Waals surface area contributed by atoms with Crippen molar-refractivity contribution in [2.24, 2.45) is 5.73 Å². The predicted octanol–water partition coefficient (Wildman–Crippen LogP) is -0.449. The summed E-state index contributed by atoms with van der Waals surface area (Å²) >= 11 is 0. The molecular weight excluding hydrogens is 256 g/mol. The number of nitro groups is 1. The summed E-state index contributed by atoms with van der Waals surface area (Å²) in [4.78, 5) is 36.5. The molecule has 19 heavy (non-hydrogen) atoms. The number of rotatable bonds is 3. The van der Waals surface area contributed by atoms with Crippen molar-refractivity contribution in [3.63, 3.8) is 0 Å². The van der Waals surface area contributed by atoms with Gasteiger partial charge >= 0.3 is 11.8 Å². The van der Waals surface area contributed by atoms with Gasteiger partial charge in [-0.3, -0.25) is 9.59 Å². The van der Waals surface area contributed by atoms with Gasteiger partial charge < -0.3 is 25.9 Å². The van der Waals surface area contributed by atoms with Crippen LogP contribution in [0.4, 0.5) is 5.82 Å². The minimum atomic E-state index is -1.45. The molecule has 9 nitrogen and oxygen atoms in total. The Morgan fingerprint density at radius 2 is 2.21 bits per heavy atom. The van der Waals surface area contributed by atoms with E-state index < -0.39 is 22.3 Å². The van der Waals surface area contributed by atoms with E-state index in [-0.39, 0.29) is 31.0 Å². The second-order valence-electron chi connectivity index (χ2n) is 4.45. The number of amides is 1. The Morgan fingerprint density at radius 1 is 1.53 bits per heavy atom. The van der Waals surface area contributed by atoms with Crippen LogP contribution in [0.3, 0.4) is 0 Å². The first-order chi connectivity index (χ1) is 8.83. The van der Waals surface area contributed by atoms with E-state index in [0.29, 0.717) is 0 Å². The molecule has 1 unspecified atom stereocenters. The maximum atomic E-state index is 12.0. The van der Waals surface area contributed by atoms with Crippen LogP contribution in [0.25, 0.3) is 0 Å². The number of carboxylic acids is 1. The maximum absolute atomic E-state index is 12.0. The highest BCUT2D eigenvalue weighted by molar-refractivity contribution is 5.94. The van der Waals surface area contributed by atoms with Crippen molar-refractivity contribution >= 4 is 17.7 Å². The molecule has 1 fully saturated rings. The number of aliphatic carboxylic acids is 1. The number of carbonyl (C=O) groups is 2. The molecule has 1 amide bonds. The Morgan fingerprint density at radius 3 is 2.68 bits per heavy atom. The minimum Gasteiger partial charge on any atom is -0.480 e. The third kappa shape index (κ3) is 2.27. The van der Waals surface area contributed by atoms with Gasteiger partial charge in [-0.1, -0.05) is 0 Å². The molecular formula is C10H12N4O5. The van der Waals surface area contributed by atoms with Crippen LogP contribution in [0.5, 0.6) is 0 Å². The van der Waals surface area contributed by atoms with Crippen LogP contribution in [0.1, 0.15) is 16.9 Å². The summed E-state index contributed by atoms with van der Waals surface area (Å²) in [5, 5.41) is 19.5. The van der Waals surface area contributed by atoms with Crippen molar-refractivity contribution < 1.29 is 19.6 Å². The normalized spacial score (nSPS) is 22.5. The molecule has 0 radical (unpaired) electrons. The van der Waals surface area contributed by atoms with E-state index in [1.54, 1.807) is 0 Å². The van der Waals surface area contributed by atoms with Crippen molar-refractivity contribution in [1.82, 2.24) is 9.88 Å². The lowest BCUT2D eigenvalue weighted by Crippen LogP contribution is -2.50. The number of nitrogens with two attached hydrogens (primary N) is 1. The van der Waals surface area contributed by atoms with Crippen LogP contribution in [-0.2, 0) is 4.79 Å². The van der Waals surface area contributed by atoms with Crippen LogP contribution >= 0.6 is 0 Å². The fraction of sp³-hybridized carbons (Fsp3) is 0.400. The molecule has 1 aromatic heterocycles. The lowest BCUT2D eigenvalue weighted by atomic mass is 10.0. The Hall–Kier alpha value is -2.42. The van der Waals surface area contributed by atoms with E-state index in [2.05, 4.69) is 4.98 Å². The number of aromatic amines is 1. The quantitative estimate of drug-likeness (QED) is 0.500. The summed E-state index contributed by atoms with van der Waals surface area (Å²) in [7, 11) is 0. The van der Waals surface area contributed by atoms with E-state index in [1.807, 2.05) is 0 Å². The molecule has 1 aromatic rings. The first kappa shape index (κ1) is 13.0. The fourth-order valence-corrected chi connectivity index (χ4v) is 1.97. The van der Waals surface area contributed by atoms with E-state index in [4.69, 9.17) is 10.8 Å². The molecule has 102 valence electrons. The average Bonchev–Trinajstić information content (AvgIpc) is 2.95. The van der Waals surface area contributed by atoms with Crippen molar-refractivity contribution in [1.29, 1.82) is 0 Å². The molecule has 9 heteroatoms. The Kier molecular flexibility index (Phi) is 2.98. The molecule has 1 aliphatic heterocycles. The lowest BCUT2D eigenvalue weighted by molar-refractivity contribution is -0.389. The SMILES string of the molecule is NC1(C(=O)O)CCN(C(=O)c2ccc([N+](=O)[O-])[nH]2)C1. The van der Waals surface area contributed by atoms with Gasteiger partial charge in [0, 0.05) is 19.2 Å². The molecule has 0 aromatic carbocycles. The van der Waals surface area contributed by atoms with Gasteiger partial charge in [-0.25, -0.2) is 4.98 Å². The third-order valence-electron chi connectivity index (χ3n) is 3.11. The highest BCUT2D eigenvalue weighted by Crippen LogP contribution is 2.21. The smallest absolute Gasteiger partial charge is 0.325 e.